The highest BCUT2D eigenvalue weighted by atomic mass is 16.7. The predicted octanol–water partition coefficient (Wildman–Crippen LogP) is 0.779. The Labute approximate surface area is 86.8 Å². The molecule has 0 N–H and O–H groups in total. The molecule has 5 heteroatoms. The van der Waals surface area contributed by atoms with E-state index in [4.69, 9.17) is 9.47 Å². The second kappa shape index (κ2) is 4.18. The maximum Gasteiger partial charge on any atom is 0.333 e. The van der Waals surface area contributed by atoms with Crippen LogP contribution in [0.4, 0.5) is 0 Å². The Morgan fingerprint density at radius 1 is 1.47 bits per heavy atom. The average Bonchev–Trinajstić information content (AvgIpc) is 2.62. The minimum Gasteiger partial charge on any atom is -0.428 e. The van der Waals surface area contributed by atoms with Crippen molar-refractivity contribution in [1.82, 2.24) is 9.97 Å². The van der Waals surface area contributed by atoms with Crippen LogP contribution in [0.3, 0.4) is 0 Å². The third-order valence-electron chi connectivity index (χ3n) is 1.89. The van der Waals surface area contributed by atoms with Gasteiger partial charge < -0.3 is 9.47 Å². The van der Waals surface area contributed by atoms with Crippen molar-refractivity contribution in [2.45, 2.75) is 13.2 Å². The van der Waals surface area contributed by atoms with Gasteiger partial charge in [-0.25, -0.2) is 14.8 Å². The molecule has 0 radical (unpaired) electrons. The summed E-state index contributed by atoms with van der Waals surface area (Å²) in [6.07, 6.45) is 3.89. The molecule has 1 aliphatic rings. The van der Waals surface area contributed by atoms with E-state index in [1.165, 1.54) is 6.08 Å². The van der Waals surface area contributed by atoms with E-state index in [1.807, 2.05) is 6.92 Å². The van der Waals surface area contributed by atoms with E-state index in [2.05, 4.69) is 9.97 Å². The second-order valence-electron chi connectivity index (χ2n) is 2.90. The monoisotopic (exact) mass is 206 g/mol. The van der Waals surface area contributed by atoms with Gasteiger partial charge in [0.25, 0.3) is 0 Å². The Hall–Kier alpha value is -1.75. The summed E-state index contributed by atoms with van der Waals surface area (Å²) in [5.41, 5.74) is 0.572. The van der Waals surface area contributed by atoms with E-state index in [9.17, 15) is 4.79 Å². The molecule has 0 saturated heterocycles. The summed E-state index contributed by atoms with van der Waals surface area (Å²) in [4.78, 5) is 19.1. The molecule has 0 bridgehead atoms. The first-order chi connectivity index (χ1) is 7.31. The van der Waals surface area contributed by atoms with Gasteiger partial charge in [0.1, 0.15) is 0 Å². The van der Waals surface area contributed by atoms with E-state index in [0.29, 0.717) is 18.0 Å². The molecule has 5 nitrogen and oxygen atoms in total. The minimum absolute atomic E-state index is 0.420. The van der Waals surface area contributed by atoms with Gasteiger partial charge in [-0.15, -0.1) is 0 Å². The van der Waals surface area contributed by atoms with E-state index < -0.39 is 12.3 Å². The highest BCUT2D eigenvalue weighted by molar-refractivity contribution is 5.95. The van der Waals surface area contributed by atoms with Crippen LogP contribution >= 0.6 is 0 Å². The van der Waals surface area contributed by atoms with E-state index in [-0.39, 0.29) is 0 Å². The van der Waals surface area contributed by atoms with Crippen molar-refractivity contribution in [3.8, 4) is 0 Å². The van der Waals surface area contributed by atoms with Crippen LogP contribution in [0.5, 0.6) is 0 Å². The van der Waals surface area contributed by atoms with Crippen molar-refractivity contribution in [2.24, 2.45) is 0 Å². The SMILES string of the molecule is CCOC1OC(=O)C=C1c1ncccn1. The number of rotatable bonds is 3. The third kappa shape index (κ3) is 2.02. The number of aromatic nitrogens is 2. The number of esters is 1. The molecule has 1 unspecified atom stereocenters. The van der Waals surface area contributed by atoms with Gasteiger partial charge in [-0.2, -0.15) is 0 Å². The van der Waals surface area contributed by atoms with Gasteiger partial charge in [0.2, 0.25) is 6.29 Å². The Kier molecular flexibility index (Phi) is 2.73. The smallest absolute Gasteiger partial charge is 0.333 e. The van der Waals surface area contributed by atoms with Gasteiger partial charge in [0.05, 0.1) is 5.57 Å². The number of hydrogen-bond acceptors (Lipinski definition) is 5. The summed E-state index contributed by atoms with van der Waals surface area (Å²) in [7, 11) is 0. The molecule has 1 atom stereocenters. The van der Waals surface area contributed by atoms with Crippen LogP contribution in [0.2, 0.25) is 0 Å². The highest BCUT2D eigenvalue weighted by Crippen LogP contribution is 2.23. The van der Waals surface area contributed by atoms with Crippen molar-refractivity contribution >= 4 is 11.5 Å². The maximum atomic E-state index is 11.1. The number of nitrogens with zero attached hydrogens (tertiary/aromatic N) is 2. The zero-order valence-corrected chi connectivity index (χ0v) is 8.21. The van der Waals surface area contributed by atoms with E-state index >= 15 is 0 Å². The van der Waals surface area contributed by atoms with Crippen LogP contribution in [0.25, 0.3) is 5.57 Å². The predicted molar refractivity (Wildman–Crippen MR) is 51.5 cm³/mol. The number of cyclic esters (lactones) is 1. The fourth-order valence-corrected chi connectivity index (χ4v) is 1.29. The number of hydrogen-bond donors (Lipinski definition) is 0. The summed E-state index contributed by atoms with van der Waals surface area (Å²) in [6, 6.07) is 1.71. The van der Waals surface area contributed by atoms with Crippen molar-refractivity contribution in [3.63, 3.8) is 0 Å². The molecule has 2 rings (SSSR count). The normalized spacial score (nSPS) is 19.9. The van der Waals surface area contributed by atoms with E-state index in [0.717, 1.165) is 0 Å². The van der Waals surface area contributed by atoms with Gasteiger partial charge in [0, 0.05) is 25.1 Å². The van der Waals surface area contributed by atoms with Gasteiger partial charge in [-0.1, -0.05) is 0 Å². The third-order valence-corrected chi connectivity index (χ3v) is 1.89. The first kappa shape index (κ1) is 9.79. The van der Waals surface area contributed by atoms with Crippen LogP contribution in [0, 0.1) is 0 Å². The minimum atomic E-state index is -0.676. The molecule has 0 saturated carbocycles. The van der Waals surface area contributed by atoms with Crippen LogP contribution < -0.4 is 0 Å². The summed E-state index contributed by atoms with van der Waals surface area (Å²) in [6.45, 7) is 2.29. The second-order valence-corrected chi connectivity index (χ2v) is 2.90. The Morgan fingerprint density at radius 3 is 2.87 bits per heavy atom. The lowest BCUT2D eigenvalue weighted by atomic mass is 10.2. The first-order valence-electron chi connectivity index (χ1n) is 4.62. The van der Waals surface area contributed by atoms with Crippen molar-refractivity contribution in [1.29, 1.82) is 0 Å². The molecule has 0 amide bonds. The maximum absolute atomic E-state index is 11.1. The summed E-state index contributed by atoms with van der Waals surface area (Å²) < 4.78 is 10.2. The Bertz CT molecular complexity index is 389. The summed E-state index contributed by atoms with van der Waals surface area (Å²) in [5, 5.41) is 0. The van der Waals surface area contributed by atoms with Gasteiger partial charge >= 0.3 is 5.97 Å². The molecule has 1 aliphatic heterocycles. The lowest BCUT2D eigenvalue weighted by Gasteiger charge is -2.12. The molecular formula is C10H10N2O3. The quantitative estimate of drug-likeness (QED) is 0.684. The van der Waals surface area contributed by atoms with Crippen molar-refractivity contribution < 1.29 is 14.3 Å². The molecule has 78 valence electrons. The van der Waals surface area contributed by atoms with Gasteiger partial charge in [0.15, 0.2) is 5.82 Å². The van der Waals surface area contributed by atoms with Crippen LogP contribution in [-0.2, 0) is 14.3 Å². The zero-order chi connectivity index (χ0) is 10.7. The molecule has 0 spiro atoms. The standard InChI is InChI=1S/C10H10N2O3/c1-2-14-10-7(6-8(13)15-10)9-11-4-3-5-12-9/h3-6,10H,2H2,1H3. The van der Waals surface area contributed by atoms with E-state index in [1.54, 1.807) is 18.5 Å². The van der Waals surface area contributed by atoms with Crippen LogP contribution in [0.15, 0.2) is 24.5 Å². The molecular weight excluding hydrogens is 196 g/mol. The van der Waals surface area contributed by atoms with Crippen molar-refractivity contribution in [3.05, 3.63) is 30.4 Å². The van der Waals surface area contributed by atoms with Gasteiger partial charge in [-0.05, 0) is 13.0 Å². The zero-order valence-electron chi connectivity index (χ0n) is 8.21. The molecule has 1 aromatic rings. The average molecular weight is 206 g/mol. The number of carbonyl (C=O) groups is 1. The molecule has 0 fully saturated rings. The largest absolute Gasteiger partial charge is 0.428 e. The first-order valence-corrected chi connectivity index (χ1v) is 4.62. The molecule has 2 heterocycles. The topological polar surface area (TPSA) is 61.3 Å². The molecule has 0 aliphatic carbocycles. The molecule has 1 aromatic heterocycles. The Morgan fingerprint density at radius 2 is 2.20 bits per heavy atom. The Balaban J connectivity index is 2.27. The lowest BCUT2D eigenvalue weighted by Crippen LogP contribution is -2.16. The highest BCUT2D eigenvalue weighted by Gasteiger charge is 2.29. The summed E-state index contributed by atoms with van der Waals surface area (Å²) in [5.74, 6) is 0.0395. The summed E-state index contributed by atoms with van der Waals surface area (Å²) >= 11 is 0. The van der Waals surface area contributed by atoms with Crippen LogP contribution in [0.1, 0.15) is 12.7 Å². The number of carbonyl (C=O) groups excluding carboxylic acids is 1. The van der Waals surface area contributed by atoms with Crippen molar-refractivity contribution in [2.75, 3.05) is 6.61 Å². The fourth-order valence-electron chi connectivity index (χ4n) is 1.29. The van der Waals surface area contributed by atoms with Gasteiger partial charge in [-0.3, -0.25) is 0 Å². The lowest BCUT2D eigenvalue weighted by molar-refractivity contribution is -0.156. The number of ether oxygens (including phenoxy) is 2. The fraction of sp³-hybridized carbons (Fsp3) is 0.300. The van der Waals surface area contributed by atoms with Crippen LogP contribution in [-0.4, -0.2) is 28.8 Å². The molecule has 15 heavy (non-hydrogen) atoms. The molecule has 0 aromatic carbocycles.